The summed E-state index contributed by atoms with van der Waals surface area (Å²) in [6.07, 6.45) is 0. The van der Waals surface area contributed by atoms with Gasteiger partial charge in [0.25, 0.3) is 0 Å². The van der Waals surface area contributed by atoms with Crippen LogP contribution in [0.25, 0.3) is 0 Å². The molecule has 0 aliphatic carbocycles. The van der Waals surface area contributed by atoms with Crippen LogP contribution in [0.15, 0.2) is 42.5 Å². The molecule has 1 unspecified atom stereocenters. The third-order valence-corrected chi connectivity index (χ3v) is 4.79. The van der Waals surface area contributed by atoms with Crippen LogP contribution in [0.4, 0.5) is 15.8 Å². The third-order valence-electron chi connectivity index (χ3n) is 3.36. The smallest absolute Gasteiger partial charge is 0.237 e. The van der Waals surface area contributed by atoms with Gasteiger partial charge in [-0.15, -0.1) is 11.8 Å². The summed E-state index contributed by atoms with van der Waals surface area (Å²) in [5.74, 6) is -0.865. The van der Waals surface area contributed by atoms with Crippen molar-refractivity contribution in [3.63, 3.8) is 0 Å². The average molecular weight is 381 g/mol. The van der Waals surface area contributed by atoms with E-state index in [1.165, 1.54) is 30.0 Å². The molecule has 0 fully saturated rings. The van der Waals surface area contributed by atoms with Gasteiger partial charge in [-0.25, -0.2) is 4.39 Å². The summed E-state index contributed by atoms with van der Waals surface area (Å²) in [5.41, 5.74) is 2.24. The van der Waals surface area contributed by atoms with Gasteiger partial charge in [0.2, 0.25) is 11.8 Å². The second-order valence-electron chi connectivity index (χ2n) is 5.49. The molecule has 2 rings (SSSR count). The molecule has 0 radical (unpaired) electrons. The minimum atomic E-state index is -0.546. The summed E-state index contributed by atoms with van der Waals surface area (Å²) >= 11 is 6.89. The topological polar surface area (TPSA) is 58.2 Å². The van der Waals surface area contributed by atoms with Crippen LogP contribution in [0.2, 0.25) is 5.02 Å². The summed E-state index contributed by atoms with van der Waals surface area (Å²) in [7, 11) is 0. The molecule has 0 spiro atoms. The quantitative estimate of drug-likeness (QED) is 0.776. The van der Waals surface area contributed by atoms with Gasteiger partial charge < -0.3 is 10.6 Å². The van der Waals surface area contributed by atoms with Crippen molar-refractivity contribution in [2.75, 3.05) is 16.4 Å². The first-order chi connectivity index (χ1) is 11.8. The molecule has 25 heavy (non-hydrogen) atoms. The molecule has 0 aliphatic rings. The zero-order valence-electron chi connectivity index (χ0n) is 13.8. The Morgan fingerprint density at radius 2 is 1.76 bits per heavy atom. The van der Waals surface area contributed by atoms with Crippen LogP contribution in [0.3, 0.4) is 0 Å². The Hall–Kier alpha value is -2.05. The minimum absolute atomic E-state index is 0.0596. The number of amides is 2. The number of hydrogen-bond acceptors (Lipinski definition) is 3. The van der Waals surface area contributed by atoms with Crippen molar-refractivity contribution in [1.82, 2.24) is 0 Å². The summed E-state index contributed by atoms with van der Waals surface area (Å²) in [6, 6.07) is 11.4. The largest absolute Gasteiger partial charge is 0.325 e. The van der Waals surface area contributed by atoms with E-state index in [2.05, 4.69) is 10.6 Å². The van der Waals surface area contributed by atoms with Crippen molar-refractivity contribution in [3.05, 3.63) is 58.9 Å². The van der Waals surface area contributed by atoms with Crippen LogP contribution >= 0.6 is 23.4 Å². The predicted molar refractivity (Wildman–Crippen MR) is 102 cm³/mol. The van der Waals surface area contributed by atoms with E-state index in [1.54, 1.807) is 6.92 Å². The van der Waals surface area contributed by atoms with Crippen LogP contribution < -0.4 is 10.6 Å². The molecule has 2 N–H and O–H groups in total. The van der Waals surface area contributed by atoms with Gasteiger partial charge in [-0.05, 0) is 44.2 Å². The molecule has 0 heterocycles. The first kappa shape index (κ1) is 19.3. The monoisotopic (exact) mass is 380 g/mol. The van der Waals surface area contributed by atoms with E-state index in [9.17, 15) is 14.0 Å². The van der Waals surface area contributed by atoms with Gasteiger partial charge in [-0.2, -0.15) is 0 Å². The Bertz CT molecular complexity index is 768. The number of thioether (sulfide) groups is 1. The van der Waals surface area contributed by atoms with Crippen molar-refractivity contribution >= 4 is 46.6 Å². The van der Waals surface area contributed by atoms with Crippen molar-refractivity contribution in [2.24, 2.45) is 0 Å². The molecule has 1 atom stereocenters. The maximum Gasteiger partial charge on any atom is 0.237 e. The number of carbonyl (C=O) groups excluding carboxylic acids is 2. The standard InChI is InChI=1S/C18H18ClFN2O2S/c1-11-3-5-13(6-4-11)21-17(23)10-25-12(2)18(24)22-14-7-8-16(20)15(19)9-14/h3-9,12H,10H2,1-2H3,(H,21,23)(H,22,24). The molecule has 0 aliphatic heterocycles. The van der Waals surface area contributed by atoms with Gasteiger partial charge in [0, 0.05) is 11.4 Å². The summed E-state index contributed by atoms with van der Waals surface area (Å²) in [4.78, 5) is 24.1. The highest BCUT2D eigenvalue weighted by Gasteiger charge is 2.16. The maximum absolute atomic E-state index is 13.1. The van der Waals surface area contributed by atoms with E-state index in [0.717, 1.165) is 5.56 Å². The van der Waals surface area contributed by atoms with E-state index in [0.29, 0.717) is 11.4 Å². The number of hydrogen-bond donors (Lipinski definition) is 2. The third kappa shape index (κ3) is 6.07. The summed E-state index contributed by atoms with van der Waals surface area (Å²) < 4.78 is 13.1. The first-order valence-electron chi connectivity index (χ1n) is 7.59. The highest BCUT2D eigenvalue weighted by molar-refractivity contribution is 8.01. The molecule has 2 amide bonds. The van der Waals surface area contributed by atoms with Crippen LogP contribution in [0.5, 0.6) is 0 Å². The number of rotatable bonds is 6. The number of aryl methyl sites for hydroxylation is 1. The van der Waals surface area contributed by atoms with E-state index in [-0.39, 0.29) is 22.6 Å². The Balaban J connectivity index is 1.81. The predicted octanol–water partition coefficient (Wildman–Crippen LogP) is 4.49. The molecule has 7 heteroatoms. The SMILES string of the molecule is Cc1ccc(NC(=O)CSC(C)C(=O)Nc2ccc(F)c(Cl)c2)cc1. The van der Waals surface area contributed by atoms with Crippen molar-refractivity contribution in [2.45, 2.75) is 19.1 Å². The number of nitrogens with one attached hydrogen (secondary N) is 2. The van der Waals surface area contributed by atoms with E-state index < -0.39 is 11.1 Å². The number of benzene rings is 2. The zero-order chi connectivity index (χ0) is 18.4. The molecular formula is C18H18ClFN2O2S. The van der Waals surface area contributed by atoms with Crippen molar-refractivity contribution < 1.29 is 14.0 Å². The first-order valence-corrected chi connectivity index (χ1v) is 9.02. The molecule has 132 valence electrons. The Labute approximate surface area is 155 Å². The van der Waals surface area contributed by atoms with Gasteiger partial charge in [-0.3, -0.25) is 9.59 Å². The normalized spacial score (nSPS) is 11.7. The van der Waals surface area contributed by atoms with Gasteiger partial charge in [0.05, 0.1) is 16.0 Å². The Morgan fingerprint density at radius 3 is 2.40 bits per heavy atom. The second kappa shape index (κ2) is 8.87. The molecule has 0 saturated heterocycles. The fourth-order valence-corrected chi connectivity index (χ4v) is 2.79. The highest BCUT2D eigenvalue weighted by atomic mass is 35.5. The van der Waals surface area contributed by atoms with Crippen molar-refractivity contribution in [3.8, 4) is 0 Å². The zero-order valence-corrected chi connectivity index (χ0v) is 15.4. The molecule has 2 aromatic carbocycles. The van der Waals surface area contributed by atoms with Gasteiger partial charge in [0.1, 0.15) is 5.82 Å². The molecular weight excluding hydrogens is 363 g/mol. The average Bonchev–Trinajstić information content (AvgIpc) is 2.58. The molecule has 2 aromatic rings. The van der Waals surface area contributed by atoms with Gasteiger partial charge in [-0.1, -0.05) is 29.3 Å². The molecule has 0 aromatic heterocycles. The minimum Gasteiger partial charge on any atom is -0.325 e. The highest BCUT2D eigenvalue weighted by Crippen LogP contribution is 2.21. The number of anilines is 2. The van der Waals surface area contributed by atoms with Crippen LogP contribution in [0, 0.1) is 12.7 Å². The molecule has 0 bridgehead atoms. The molecule has 4 nitrogen and oxygen atoms in total. The fourth-order valence-electron chi connectivity index (χ4n) is 1.93. The Morgan fingerprint density at radius 1 is 1.12 bits per heavy atom. The lowest BCUT2D eigenvalue weighted by molar-refractivity contribution is -0.115. The van der Waals surface area contributed by atoms with E-state index in [4.69, 9.17) is 11.6 Å². The number of carbonyl (C=O) groups is 2. The van der Waals surface area contributed by atoms with E-state index in [1.807, 2.05) is 31.2 Å². The summed E-state index contributed by atoms with van der Waals surface area (Å²) in [5, 5.41) is 4.91. The van der Waals surface area contributed by atoms with Gasteiger partial charge in [0.15, 0.2) is 0 Å². The van der Waals surface area contributed by atoms with Crippen LogP contribution in [-0.2, 0) is 9.59 Å². The van der Waals surface area contributed by atoms with Gasteiger partial charge >= 0.3 is 0 Å². The van der Waals surface area contributed by atoms with Crippen LogP contribution in [-0.4, -0.2) is 22.8 Å². The summed E-state index contributed by atoms with van der Waals surface area (Å²) in [6.45, 7) is 3.67. The lowest BCUT2D eigenvalue weighted by Crippen LogP contribution is -2.25. The van der Waals surface area contributed by atoms with E-state index >= 15 is 0 Å². The molecule has 0 saturated carbocycles. The second-order valence-corrected chi connectivity index (χ2v) is 7.22. The Kier molecular flexibility index (Phi) is 6.84. The number of halogens is 2. The lowest BCUT2D eigenvalue weighted by atomic mass is 10.2. The van der Waals surface area contributed by atoms with Crippen LogP contribution in [0.1, 0.15) is 12.5 Å². The van der Waals surface area contributed by atoms with Crippen molar-refractivity contribution in [1.29, 1.82) is 0 Å². The lowest BCUT2D eigenvalue weighted by Gasteiger charge is -2.12. The maximum atomic E-state index is 13.1. The fraction of sp³-hybridized carbons (Fsp3) is 0.222.